The lowest BCUT2D eigenvalue weighted by Gasteiger charge is -2.26. The molecule has 0 aliphatic carbocycles. The highest BCUT2D eigenvalue weighted by Gasteiger charge is 2.25. The zero-order valence-corrected chi connectivity index (χ0v) is 12.8. The number of likely N-dealkylation sites (N-methyl/N-ethyl adjacent to an activating group) is 2. The quantitative estimate of drug-likeness (QED) is 0.808. The normalized spacial score (nSPS) is 13.2. The van der Waals surface area contributed by atoms with E-state index in [-0.39, 0.29) is 23.4 Å². The Morgan fingerprint density at radius 1 is 1.25 bits per heavy atom. The van der Waals surface area contributed by atoms with Crippen LogP contribution in [0, 0.1) is 0 Å². The summed E-state index contributed by atoms with van der Waals surface area (Å²) in [7, 11) is -0.641. The largest absolute Gasteiger partial charge is 0.341 e. The zero-order chi connectivity index (χ0) is 15.3. The van der Waals surface area contributed by atoms with Gasteiger partial charge in [0.05, 0.1) is 11.4 Å². The maximum absolute atomic E-state index is 12.3. The minimum Gasteiger partial charge on any atom is -0.341 e. The fraction of sp³-hybridized carbons (Fsp3) is 0.462. The second kappa shape index (κ2) is 6.83. The molecule has 2 N–H and O–H groups in total. The molecule has 0 heterocycles. The van der Waals surface area contributed by atoms with E-state index in [0.29, 0.717) is 6.54 Å². The Bertz CT molecular complexity index is 545. The molecule has 0 fully saturated rings. The molecule has 0 saturated carbocycles. The summed E-state index contributed by atoms with van der Waals surface area (Å²) < 4.78 is 25.6. The van der Waals surface area contributed by atoms with E-state index in [1.165, 1.54) is 24.1 Å². The van der Waals surface area contributed by atoms with Crippen molar-refractivity contribution in [3.05, 3.63) is 30.3 Å². The van der Waals surface area contributed by atoms with Crippen molar-refractivity contribution in [2.24, 2.45) is 5.73 Å². The molecule has 1 aromatic rings. The summed E-state index contributed by atoms with van der Waals surface area (Å²) in [5.74, 6) is -0.287. The van der Waals surface area contributed by atoms with E-state index in [9.17, 15) is 13.2 Å². The molecule has 0 aliphatic heterocycles. The van der Waals surface area contributed by atoms with E-state index < -0.39 is 10.0 Å². The van der Waals surface area contributed by atoms with E-state index in [2.05, 4.69) is 0 Å². The fourth-order valence-electron chi connectivity index (χ4n) is 1.56. The van der Waals surface area contributed by atoms with Gasteiger partial charge >= 0.3 is 0 Å². The van der Waals surface area contributed by atoms with Crippen LogP contribution in [-0.4, -0.2) is 56.8 Å². The molecule has 112 valence electrons. The van der Waals surface area contributed by atoms with Crippen LogP contribution < -0.4 is 5.73 Å². The van der Waals surface area contributed by atoms with Crippen LogP contribution in [0.4, 0.5) is 0 Å². The van der Waals surface area contributed by atoms with Gasteiger partial charge in [-0.2, -0.15) is 4.31 Å². The SMILES string of the molecule is CC(CN)N(C)C(=O)CN(C)S(=O)(=O)c1ccccc1. The molecule has 20 heavy (non-hydrogen) atoms. The Kier molecular flexibility index (Phi) is 5.67. The van der Waals surface area contributed by atoms with Crippen molar-refractivity contribution in [1.82, 2.24) is 9.21 Å². The molecule has 1 aromatic carbocycles. The van der Waals surface area contributed by atoms with Crippen LogP contribution >= 0.6 is 0 Å². The number of carbonyl (C=O) groups excluding carboxylic acids is 1. The van der Waals surface area contributed by atoms with Gasteiger partial charge in [0.2, 0.25) is 15.9 Å². The van der Waals surface area contributed by atoms with E-state index in [1.54, 1.807) is 25.2 Å². The van der Waals surface area contributed by atoms with Crippen LogP contribution in [0.2, 0.25) is 0 Å². The third kappa shape index (κ3) is 3.78. The zero-order valence-electron chi connectivity index (χ0n) is 12.0. The van der Waals surface area contributed by atoms with Gasteiger partial charge in [-0.25, -0.2) is 8.42 Å². The van der Waals surface area contributed by atoms with Gasteiger partial charge in [0, 0.05) is 26.7 Å². The van der Waals surface area contributed by atoms with Crippen molar-refractivity contribution in [2.75, 3.05) is 27.2 Å². The molecule has 0 aliphatic rings. The molecule has 7 heteroatoms. The first-order valence-corrected chi connectivity index (χ1v) is 7.71. The molecule has 0 aromatic heterocycles. The third-order valence-corrected chi connectivity index (χ3v) is 5.02. The number of sulfonamides is 1. The van der Waals surface area contributed by atoms with Crippen molar-refractivity contribution in [3.8, 4) is 0 Å². The second-order valence-electron chi connectivity index (χ2n) is 4.66. The summed E-state index contributed by atoms with van der Waals surface area (Å²) in [4.78, 5) is 13.6. The van der Waals surface area contributed by atoms with E-state index in [1.807, 2.05) is 6.92 Å². The molecule has 0 radical (unpaired) electrons. The summed E-state index contributed by atoms with van der Waals surface area (Å²) in [6.45, 7) is 1.93. The van der Waals surface area contributed by atoms with E-state index in [4.69, 9.17) is 5.73 Å². The molecule has 1 unspecified atom stereocenters. The topological polar surface area (TPSA) is 83.7 Å². The van der Waals surface area contributed by atoms with E-state index >= 15 is 0 Å². The van der Waals surface area contributed by atoms with Gasteiger partial charge in [0.25, 0.3) is 0 Å². The summed E-state index contributed by atoms with van der Waals surface area (Å²) in [5, 5.41) is 0. The lowest BCUT2D eigenvalue weighted by molar-refractivity contribution is -0.131. The van der Waals surface area contributed by atoms with Crippen molar-refractivity contribution >= 4 is 15.9 Å². The van der Waals surface area contributed by atoms with Gasteiger partial charge in [-0.1, -0.05) is 18.2 Å². The summed E-state index contributed by atoms with van der Waals surface area (Å²) >= 11 is 0. The number of amides is 1. The summed E-state index contributed by atoms with van der Waals surface area (Å²) in [6.07, 6.45) is 0. The number of nitrogens with two attached hydrogens (primary N) is 1. The van der Waals surface area contributed by atoms with Crippen LogP contribution in [0.15, 0.2) is 35.2 Å². The fourth-order valence-corrected chi connectivity index (χ4v) is 2.70. The average molecular weight is 299 g/mol. The second-order valence-corrected chi connectivity index (χ2v) is 6.71. The van der Waals surface area contributed by atoms with Crippen molar-refractivity contribution in [3.63, 3.8) is 0 Å². The first-order valence-electron chi connectivity index (χ1n) is 6.27. The number of carbonyl (C=O) groups is 1. The molecule has 0 bridgehead atoms. The van der Waals surface area contributed by atoms with Crippen molar-refractivity contribution < 1.29 is 13.2 Å². The number of benzene rings is 1. The van der Waals surface area contributed by atoms with Crippen LogP contribution in [-0.2, 0) is 14.8 Å². The standard InChI is InChI=1S/C13H21N3O3S/c1-11(9-14)16(3)13(17)10-15(2)20(18,19)12-7-5-4-6-8-12/h4-8,11H,9-10,14H2,1-3H3. The molecule has 6 nitrogen and oxygen atoms in total. The molecule has 1 atom stereocenters. The summed E-state index contributed by atoms with van der Waals surface area (Å²) in [5.41, 5.74) is 5.49. The van der Waals surface area contributed by atoms with Crippen molar-refractivity contribution in [2.45, 2.75) is 17.9 Å². The number of nitrogens with zero attached hydrogens (tertiary/aromatic N) is 2. The minimum absolute atomic E-state index is 0.129. The number of hydrogen-bond acceptors (Lipinski definition) is 4. The number of rotatable bonds is 6. The van der Waals surface area contributed by atoms with Gasteiger partial charge in [-0.05, 0) is 19.1 Å². The Morgan fingerprint density at radius 2 is 1.80 bits per heavy atom. The van der Waals surface area contributed by atoms with Gasteiger partial charge in [0.15, 0.2) is 0 Å². The van der Waals surface area contributed by atoms with Gasteiger partial charge < -0.3 is 10.6 Å². The number of hydrogen-bond donors (Lipinski definition) is 1. The van der Waals surface area contributed by atoms with Crippen LogP contribution in [0.25, 0.3) is 0 Å². The maximum atomic E-state index is 12.3. The Morgan fingerprint density at radius 3 is 2.30 bits per heavy atom. The Balaban J connectivity index is 2.81. The van der Waals surface area contributed by atoms with Gasteiger partial charge in [-0.3, -0.25) is 4.79 Å². The summed E-state index contributed by atoms with van der Waals surface area (Å²) in [6, 6.07) is 7.90. The molecule has 0 spiro atoms. The van der Waals surface area contributed by atoms with Gasteiger partial charge in [0.1, 0.15) is 0 Å². The Hall–Kier alpha value is -1.44. The first-order chi connectivity index (χ1) is 9.30. The molecular formula is C13H21N3O3S. The maximum Gasteiger partial charge on any atom is 0.243 e. The van der Waals surface area contributed by atoms with Crippen molar-refractivity contribution in [1.29, 1.82) is 0 Å². The predicted octanol–water partition coefficient (Wildman–Crippen LogP) is 0.113. The minimum atomic E-state index is -3.65. The molecule has 1 rings (SSSR count). The Labute approximate surface area is 120 Å². The van der Waals surface area contributed by atoms with Crippen LogP contribution in [0.5, 0.6) is 0 Å². The van der Waals surface area contributed by atoms with Crippen LogP contribution in [0.3, 0.4) is 0 Å². The lowest BCUT2D eigenvalue weighted by Crippen LogP contribution is -2.45. The first kappa shape index (κ1) is 16.6. The average Bonchev–Trinajstić information content (AvgIpc) is 2.46. The van der Waals surface area contributed by atoms with E-state index in [0.717, 1.165) is 4.31 Å². The molecule has 0 saturated heterocycles. The van der Waals surface area contributed by atoms with Crippen LogP contribution in [0.1, 0.15) is 6.92 Å². The molecule has 1 amide bonds. The highest BCUT2D eigenvalue weighted by Crippen LogP contribution is 2.13. The highest BCUT2D eigenvalue weighted by atomic mass is 32.2. The van der Waals surface area contributed by atoms with Gasteiger partial charge in [-0.15, -0.1) is 0 Å². The smallest absolute Gasteiger partial charge is 0.243 e. The predicted molar refractivity (Wildman–Crippen MR) is 77.5 cm³/mol. The lowest BCUT2D eigenvalue weighted by atomic mass is 10.3. The highest BCUT2D eigenvalue weighted by molar-refractivity contribution is 7.89. The molecular weight excluding hydrogens is 278 g/mol. The monoisotopic (exact) mass is 299 g/mol. The third-order valence-electron chi connectivity index (χ3n) is 3.20.